The van der Waals surface area contributed by atoms with Crippen LogP contribution in [0, 0.1) is 11.2 Å². The summed E-state index contributed by atoms with van der Waals surface area (Å²) in [7, 11) is 1.60. The van der Waals surface area contributed by atoms with Crippen molar-refractivity contribution in [2.75, 3.05) is 12.4 Å². The molecule has 0 radical (unpaired) electrons. The number of hydrogen-bond donors (Lipinski definition) is 2. The van der Waals surface area contributed by atoms with Crippen LogP contribution in [-0.2, 0) is 0 Å². The van der Waals surface area contributed by atoms with Crippen LogP contribution in [0.4, 0.5) is 10.1 Å². The lowest BCUT2D eigenvalue weighted by Crippen LogP contribution is -2.41. The quantitative estimate of drug-likeness (QED) is 0.868. The summed E-state index contributed by atoms with van der Waals surface area (Å²) in [5.74, 6) is -0.685. The van der Waals surface area contributed by atoms with Gasteiger partial charge in [-0.15, -0.1) is 0 Å². The Morgan fingerprint density at radius 3 is 2.44 bits per heavy atom. The first-order valence-electron chi connectivity index (χ1n) is 6.04. The summed E-state index contributed by atoms with van der Waals surface area (Å²) in [6.07, 6.45) is 0. The molecule has 0 saturated carbocycles. The smallest absolute Gasteiger partial charge is 0.253 e. The molecular formula is C14H21FN2O. The van der Waals surface area contributed by atoms with Crippen molar-refractivity contribution in [3.05, 3.63) is 29.6 Å². The first-order valence-corrected chi connectivity index (χ1v) is 6.04. The van der Waals surface area contributed by atoms with E-state index < -0.39 is 5.82 Å². The lowest BCUT2D eigenvalue weighted by molar-refractivity contribution is 0.0910. The van der Waals surface area contributed by atoms with Gasteiger partial charge in [-0.25, -0.2) is 4.39 Å². The molecule has 18 heavy (non-hydrogen) atoms. The third-order valence-corrected chi connectivity index (χ3v) is 3.15. The summed E-state index contributed by atoms with van der Waals surface area (Å²) in [5, 5.41) is 5.61. The normalized spacial score (nSPS) is 13.0. The zero-order valence-electron chi connectivity index (χ0n) is 11.6. The van der Waals surface area contributed by atoms with Gasteiger partial charge in [0.2, 0.25) is 0 Å². The first kappa shape index (κ1) is 14.5. The Kier molecular flexibility index (Phi) is 4.33. The maximum atomic E-state index is 13.5. The van der Waals surface area contributed by atoms with E-state index in [1.165, 1.54) is 12.1 Å². The SMILES string of the molecule is CNc1c(F)cccc1C(=O)NC(C)C(C)(C)C. The van der Waals surface area contributed by atoms with Gasteiger partial charge in [0.25, 0.3) is 5.91 Å². The topological polar surface area (TPSA) is 41.1 Å². The summed E-state index contributed by atoms with van der Waals surface area (Å²) in [5.41, 5.74) is 0.521. The highest BCUT2D eigenvalue weighted by molar-refractivity contribution is 5.99. The van der Waals surface area contributed by atoms with E-state index in [9.17, 15) is 9.18 Å². The van der Waals surface area contributed by atoms with Gasteiger partial charge in [0, 0.05) is 13.1 Å². The van der Waals surface area contributed by atoms with Gasteiger partial charge in [0.15, 0.2) is 0 Å². The predicted molar refractivity (Wildman–Crippen MR) is 72.3 cm³/mol. The predicted octanol–water partition coefficient (Wildman–Crippen LogP) is 3.03. The van der Waals surface area contributed by atoms with Crippen molar-refractivity contribution in [1.29, 1.82) is 0 Å². The number of carbonyl (C=O) groups excluding carboxylic acids is 1. The number of hydrogen-bond acceptors (Lipinski definition) is 2. The monoisotopic (exact) mass is 252 g/mol. The lowest BCUT2D eigenvalue weighted by Gasteiger charge is -2.28. The molecule has 0 saturated heterocycles. The molecule has 0 aromatic heterocycles. The molecule has 1 aromatic carbocycles. The number of benzene rings is 1. The molecule has 1 rings (SSSR count). The maximum absolute atomic E-state index is 13.5. The van der Waals surface area contributed by atoms with Crippen molar-refractivity contribution in [2.45, 2.75) is 33.7 Å². The van der Waals surface area contributed by atoms with Crippen molar-refractivity contribution >= 4 is 11.6 Å². The van der Waals surface area contributed by atoms with E-state index in [-0.39, 0.29) is 23.1 Å². The Morgan fingerprint density at radius 2 is 1.94 bits per heavy atom. The fourth-order valence-corrected chi connectivity index (χ4v) is 1.46. The fourth-order valence-electron chi connectivity index (χ4n) is 1.46. The molecule has 0 aliphatic carbocycles. The van der Waals surface area contributed by atoms with Crippen LogP contribution in [0.15, 0.2) is 18.2 Å². The van der Waals surface area contributed by atoms with Crippen LogP contribution in [0.1, 0.15) is 38.1 Å². The minimum atomic E-state index is -0.423. The van der Waals surface area contributed by atoms with Gasteiger partial charge < -0.3 is 10.6 Å². The average Bonchev–Trinajstić information content (AvgIpc) is 2.27. The van der Waals surface area contributed by atoms with Crippen LogP contribution in [-0.4, -0.2) is 19.0 Å². The third-order valence-electron chi connectivity index (χ3n) is 3.15. The summed E-state index contributed by atoms with van der Waals surface area (Å²) >= 11 is 0. The van der Waals surface area contributed by atoms with Gasteiger partial charge in [-0.1, -0.05) is 26.8 Å². The molecule has 1 aromatic rings. The number of amides is 1. The van der Waals surface area contributed by atoms with Gasteiger partial charge in [-0.2, -0.15) is 0 Å². The first-order chi connectivity index (χ1) is 8.27. The second-order valence-corrected chi connectivity index (χ2v) is 5.47. The molecule has 1 atom stereocenters. The summed E-state index contributed by atoms with van der Waals surface area (Å²) in [4.78, 5) is 12.1. The van der Waals surface area contributed by atoms with Gasteiger partial charge >= 0.3 is 0 Å². The van der Waals surface area contributed by atoms with Crippen molar-refractivity contribution < 1.29 is 9.18 Å². The summed E-state index contributed by atoms with van der Waals surface area (Å²) < 4.78 is 13.5. The Bertz CT molecular complexity index is 438. The summed E-state index contributed by atoms with van der Waals surface area (Å²) in [6.45, 7) is 8.07. The van der Waals surface area contributed by atoms with Crippen LogP contribution in [0.5, 0.6) is 0 Å². The number of rotatable bonds is 3. The van der Waals surface area contributed by atoms with E-state index >= 15 is 0 Å². The maximum Gasteiger partial charge on any atom is 0.253 e. The Balaban J connectivity index is 2.95. The number of carbonyl (C=O) groups is 1. The minimum absolute atomic E-state index is 0.00188. The molecule has 0 bridgehead atoms. The molecule has 0 spiro atoms. The lowest BCUT2D eigenvalue weighted by atomic mass is 9.88. The second-order valence-electron chi connectivity index (χ2n) is 5.47. The van der Waals surface area contributed by atoms with Crippen LogP contribution >= 0.6 is 0 Å². The minimum Gasteiger partial charge on any atom is -0.385 e. The number of halogens is 1. The Hall–Kier alpha value is -1.58. The van der Waals surface area contributed by atoms with Crippen molar-refractivity contribution in [3.63, 3.8) is 0 Å². The van der Waals surface area contributed by atoms with Crippen LogP contribution in [0.25, 0.3) is 0 Å². The molecule has 0 aliphatic heterocycles. The molecule has 100 valence electrons. The highest BCUT2D eigenvalue weighted by Gasteiger charge is 2.23. The van der Waals surface area contributed by atoms with Crippen LogP contribution in [0.2, 0.25) is 0 Å². The van der Waals surface area contributed by atoms with E-state index in [2.05, 4.69) is 10.6 Å². The Labute approximate surface area is 108 Å². The van der Waals surface area contributed by atoms with Crippen molar-refractivity contribution in [3.8, 4) is 0 Å². The molecule has 0 heterocycles. The molecule has 0 aliphatic rings. The number of para-hydroxylation sites is 1. The molecule has 3 nitrogen and oxygen atoms in total. The molecule has 1 unspecified atom stereocenters. The van der Waals surface area contributed by atoms with E-state index in [1.54, 1.807) is 13.1 Å². The standard InChI is InChI=1S/C14H21FN2O/c1-9(14(2,3)4)17-13(18)10-7-6-8-11(15)12(10)16-5/h6-9,16H,1-5H3,(H,17,18). The van der Waals surface area contributed by atoms with E-state index in [4.69, 9.17) is 0 Å². The molecular weight excluding hydrogens is 231 g/mol. The third kappa shape index (κ3) is 3.22. The van der Waals surface area contributed by atoms with E-state index in [0.717, 1.165) is 0 Å². The van der Waals surface area contributed by atoms with Crippen molar-refractivity contribution in [2.24, 2.45) is 5.41 Å². The van der Waals surface area contributed by atoms with E-state index in [0.29, 0.717) is 5.56 Å². The van der Waals surface area contributed by atoms with Crippen molar-refractivity contribution in [1.82, 2.24) is 5.32 Å². The zero-order chi connectivity index (χ0) is 13.9. The molecule has 0 fully saturated rings. The zero-order valence-corrected chi connectivity index (χ0v) is 11.6. The van der Waals surface area contributed by atoms with Gasteiger partial charge in [0.1, 0.15) is 5.82 Å². The molecule has 1 amide bonds. The number of anilines is 1. The summed E-state index contributed by atoms with van der Waals surface area (Å²) in [6, 6.07) is 4.47. The highest BCUT2D eigenvalue weighted by Crippen LogP contribution is 2.22. The Morgan fingerprint density at radius 1 is 1.33 bits per heavy atom. The van der Waals surface area contributed by atoms with Gasteiger partial charge in [-0.05, 0) is 24.5 Å². The van der Waals surface area contributed by atoms with Gasteiger partial charge in [0.05, 0.1) is 11.3 Å². The largest absolute Gasteiger partial charge is 0.385 e. The number of nitrogens with one attached hydrogen (secondary N) is 2. The highest BCUT2D eigenvalue weighted by atomic mass is 19.1. The molecule has 4 heteroatoms. The van der Waals surface area contributed by atoms with Crippen LogP contribution in [0.3, 0.4) is 0 Å². The average molecular weight is 252 g/mol. The van der Waals surface area contributed by atoms with Gasteiger partial charge in [-0.3, -0.25) is 4.79 Å². The molecule has 2 N–H and O–H groups in total. The fraction of sp³-hybridized carbons (Fsp3) is 0.500. The second kappa shape index (κ2) is 5.38. The van der Waals surface area contributed by atoms with Crippen LogP contribution < -0.4 is 10.6 Å². The van der Waals surface area contributed by atoms with E-state index in [1.807, 2.05) is 27.7 Å².